The number of pyridine rings is 1. The molecule has 0 atom stereocenters. The molecule has 0 saturated carbocycles. The Morgan fingerprint density at radius 3 is 2.78 bits per heavy atom. The number of carbonyl (C=O) groups is 1. The predicted molar refractivity (Wildman–Crippen MR) is 80.8 cm³/mol. The van der Waals surface area contributed by atoms with Crippen LogP contribution in [0.25, 0.3) is 11.5 Å². The lowest BCUT2D eigenvalue weighted by Crippen LogP contribution is -2.38. The molecule has 8 nitrogen and oxygen atoms in total. The number of aromatic nitrogens is 3. The van der Waals surface area contributed by atoms with Gasteiger partial charge >= 0.3 is 5.76 Å². The second-order valence-electron chi connectivity index (χ2n) is 5.58. The Balaban J connectivity index is 1.51. The molecule has 1 amide bonds. The summed E-state index contributed by atoms with van der Waals surface area (Å²) >= 11 is 0. The molecule has 1 aliphatic heterocycles. The molecule has 0 bridgehead atoms. The molecule has 0 aromatic carbocycles. The van der Waals surface area contributed by atoms with Crippen LogP contribution in [0.5, 0.6) is 5.75 Å². The van der Waals surface area contributed by atoms with E-state index in [9.17, 15) is 9.59 Å². The molecular weight excluding hydrogens is 300 g/mol. The fourth-order valence-electron chi connectivity index (χ4n) is 2.57. The zero-order valence-corrected chi connectivity index (χ0v) is 12.8. The van der Waals surface area contributed by atoms with E-state index in [0.717, 1.165) is 25.9 Å². The Morgan fingerprint density at radius 2 is 2.22 bits per heavy atom. The SMILES string of the molecule is CC(=O)N1CCC(COc2ccc(-c3noc(=O)[nH]3)nc2)CC1. The Hall–Kier alpha value is -2.64. The zero-order chi connectivity index (χ0) is 16.2. The summed E-state index contributed by atoms with van der Waals surface area (Å²) in [5.41, 5.74) is 0.512. The van der Waals surface area contributed by atoms with E-state index in [-0.39, 0.29) is 11.7 Å². The van der Waals surface area contributed by atoms with E-state index in [4.69, 9.17) is 4.74 Å². The molecule has 122 valence electrons. The zero-order valence-electron chi connectivity index (χ0n) is 12.8. The van der Waals surface area contributed by atoms with Gasteiger partial charge in [0.1, 0.15) is 11.4 Å². The summed E-state index contributed by atoms with van der Waals surface area (Å²) in [4.78, 5) is 30.7. The second-order valence-corrected chi connectivity index (χ2v) is 5.58. The van der Waals surface area contributed by atoms with Crippen molar-refractivity contribution in [1.29, 1.82) is 0 Å². The first kappa shape index (κ1) is 15.3. The largest absolute Gasteiger partial charge is 0.492 e. The number of H-pyrrole nitrogens is 1. The van der Waals surface area contributed by atoms with Crippen LogP contribution < -0.4 is 10.5 Å². The number of hydrogen-bond donors (Lipinski definition) is 1. The molecular formula is C15H18N4O4. The lowest BCUT2D eigenvalue weighted by molar-refractivity contribution is -0.130. The summed E-state index contributed by atoms with van der Waals surface area (Å²) in [6.07, 6.45) is 3.49. The Labute approximate surface area is 132 Å². The smallest absolute Gasteiger partial charge is 0.439 e. The third kappa shape index (κ3) is 3.77. The van der Waals surface area contributed by atoms with Gasteiger partial charge in [-0.2, -0.15) is 0 Å². The first-order valence-electron chi connectivity index (χ1n) is 7.52. The summed E-state index contributed by atoms with van der Waals surface area (Å²) in [6.45, 7) is 3.79. The number of rotatable bonds is 4. The van der Waals surface area contributed by atoms with Crippen LogP contribution in [0.1, 0.15) is 19.8 Å². The minimum Gasteiger partial charge on any atom is -0.492 e. The van der Waals surface area contributed by atoms with Gasteiger partial charge in [0.15, 0.2) is 0 Å². The molecule has 8 heteroatoms. The van der Waals surface area contributed by atoms with E-state index < -0.39 is 5.76 Å². The van der Waals surface area contributed by atoms with Crippen molar-refractivity contribution in [2.45, 2.75) is 19.8 Å². The fraction of sp³-hybridized carbons (Fsp3) is 0.467. The van der Waals surface area contributed by atoms with Crippen LogP contribution in [0.15, 0.2) is 27.6 Å². The molecule has 1 saturated heterocycles. The monoisotopic (exact) mass is 318 g/mol. The van der Waals surface area contributed by atoms with E-state index in [1.807, 2.05) is 4.90 Å². The highest BCUT2D eigenvalue weighted by molar-refractivity contribution is 5.73. The minimum atomic E-state index is -0.612. The van der Waals surface area contributed by atoms with Crippen LogP contribution in [0, 0.1) is 5.92 Å². The number of nitrogens with one attached hydrogen (secondary N) is 1. The van der Waals surface area contributed by atoms with Crippen LogP contribution >= 0.6 is 0 Å². The molecule has 0 spiro atoms. The van der Waals surface area contributed by atoms with Crippen LogP contribution in [-0.4, -0.2) is 45.6 Å². The van der Waals surface area contributed by atoms with Crippen LogP contribution in [0.3, 0.4) is 0 Å². The Kier molecular flexibility index (Phi) is 4.40. The summed E-state index contributed by atoms with van der Waals surface area (Å²) in [5, 5.41) is 3.58. The molecule has 2 aromatic rings. The third-order valence-corrected chi connectivity index (χ3v) is 3.96. The van der Waals surface area contributed by atoms with Gasteiger partial charge in [-0.1, -0.05) is 5.16 Å². The van der Waals surface area contributed by atoms with Crippen molar-refractivity contribution in [3.05, 3.63) is 28.9 Å². The van der Waals surface area contributed by atoms with Gasteiger partial charge in [0.25, 0.3) is 0 Å². The van der Waals surface area contributed by atoms with E-state index in [1.54, 1.807) is 25.3 Å². The molecule has 23 heavy (non-hydrogen) atoms. The topological polar surface area (TPSA) is 101 Å². The first-order valence-corrected chi connectivity index (χ1v) is 7.52. The molecule has 1 fully saturated rings. The van der Waals surface area contributed by atoms with Crippen molar-refractivity contribution in [3.63, 3.8) is 0 Å². The normalized spacial score (nSPS) is 15.6. The van der Waals surface area contributed by atoms with Crippen molar-refractivity contribution >= 4 is 5.91 Å². The maximum Gasteiger partial charge on any atom is 0.439 e. The maximum absolute atomic E-state index is 11.3. The summed E-state index contributed by atoms with van der Waals surface area (Å²) in [5.74, 6) is 0.915. The van der Waals surface area contributed by atoms with E-state index in [2.05, 4.69) is 19.6 Å². The third-order valence-electron chi connectivity index (χ3n) is 3.96. The van der Waals surface area contributed by atoms with Crippen molar-refractivity contribution < 1.29 is 14.1 Å². The summed E-state index contributed by atoms with van der Waals surface area (Å²) in [6, 6.07) is 3.49. The number of carbonyl (C=O) groups excluding carboxylic acids is 1. The first-order chi connectivity index (χ1) is 11.1. The molecule has 1 N–H and O–H groups in total. The van der Waals surface area contributed by atoms with E-state index >= 15 is 0 Å². The molecule has 1 aliphatic rings. The number of likely N-dealkylation sites (tertiary alicyclic amines) is 1. The van der Waals surface area contributed by atoms with Crippen LogP contribution in [0.2, 0.25) is 0 Å². The molecule has 0 aliphatic carbocycles. The number of amides is 1. The quantitative estimate of drug-likeness (QED) is 0.904. The van der Waals surface area contributed by atoms with Gasteiger partial charge in [0.2, 0.25) is 11.7 Å². The van der Waals surface area contributed by atoms with Gasteiger partial charge in [-0.15, -0.1) is 0 Å². The minimum absolute atomic E-state index is 0.134. The van der Waals surface area contributed by atoms with E-state index in [0.29, 0.717) is 24.0 Å². The van der Waals surface area contributed by atoms with Gasteiger partial charge in [0, 0.05) is 20.0 Å². The summed E-state index contributed by atoms with van der Waals surface area (Å²) in [7, 11) is 0. The van der Waals surface area contributed by atoms with Gasteiger partial charge in [-0.3, -0.25) is 14.3 Å². The lowest BCUT2D eigenvalue weighted by atomic mass is 9.98. The number of nitrogens with zero attached hydrogens (tertiary/aromatic N) is 3. The van der Waals surface area contributed by atoms with Crippen molar-refractivity contribution in [2.75, 3.05) is 19.7 Å². The molecule has 2 aromatic heterocycles. The average Bonchev–Trinajstić information content (AvgIpc) is 3.00. The highest BCUT2D eigenvalue weighted by Crippen LogP contribution is 2.20. The number of piperidine rings is 1. The number of hydrogen-bond acceptors (Lipinski definition) is 6. The van der Waals surface area contributed by atoms with Crippen molar-refractivity contribution in [3.8, 4) is 17.3 Å². The van der Waals surface area contributed by atoms with Gasteiger partial charge in [-0.25, -0.2) is 9.78 Å². The summed E-state index contributed by atoms with van der Waals surface area (Å²) < 4.78 is 10.2. The average molecular weight is 318 g/mol. The number of aromatic amines is 1. The van der Waals surface area contributed by atoms with Crippen molar-refractivity contribution in [1.82, 2.24) is 20.0 Å². The Morgan fingerprint density at radius 1 is 1.43 bits per heavy atom. The molecule has 3 heterocycles. The van der Waals surface area contributed by atoms with E-state index in [1.165, 1.54) is 0 Å². The second kappa shape index (κ2) is 6.64. The number of ether oxygens (including phenoxy) is 1. The standard InChI is InChI=1S/C15H18N4O4/c1-10(20)19-6-4-11(5-7-19)9-22-12-2-3-13(16-8-12)14-17-15(21)23-18-14/h2-3,8,11H,4-7,9H2,1H3,(H,17,18,21). The maximum atomic E-state index is 11.3. The Bertz CT molecular complexity index is 714. The molecule has 0 unspecified atom stereocenters. The van der Waals surface area contributed by atoms with Gasteiger partial charge in [0.05, 0.1) is 12.8 Å². The van der Waals surface area contributed by atoms with Crippen LogP contribution in [0.4, 0.5) is 0 Å². The highest BCUT2D eigenvalue weighted by Gasteiger charge is 2.21. The molecule has 3 rings (SSSR count). The van der Waals surface area contributed by atoms with Gasteiger partial charge < -0.3 is 9.64 Å². The molecule has 0 radical (unpaired) electrons. The van der Waals surface area contributed by atoms with Crippen LogP contribution in [-0.2, 0) is 4.79 Å². The fourth-order valence-corrected chi connectivity index (χ4v) is 2.57. The highest BCUT2D eigenvalue weighted by atomic mass is 16.5. The predicted octanol–water partition coefficient (Wildman–Crippen LogP) is 1.06. The lowest BCUT2D eigenvalue weighted by Gasteiger charge is -2.31. The van der Waals surface area contributed by atoms with Gasteiger partial charge in [-0.05, 0) is 30.9 Å². The van der Waals surface area contributed by atoms with Crippen molar-refractivity contribution in [2.24, 2.45) is 5.92 Å².